The van der Waals surface area contributed by atoms with E-state index in [2.05, 4.69) is 27.3 Å². The van der Waals surface area contributed by atoms with Gasteiger partial charge in [0.2, 0.25) is 5.91 Å². The summed E-state index contributed by atoms with van der Waals surface area (Å²) in [6.07, 6.45) is 3.86. The third-order valence-electron chi connectivity index (χ3n) is 3.09. The number of nitrogens with one attached hydrogen (secondary N) is 1. The Morgan fingerprint density at radius 3 is 2.90 bits per heavy atom. The van der Waals surface area contributed by atoms with Gasteiger partial charge in [0.15, 0.2) is 0 Å². The fourth-order valence-electron chi connectivity index (χ4n) is 1.80. The Morgan fingerprint density at radius 2 is 2.30 bits per heavy atom. The number of rotatable bonds is 6. The number of nitrogens with zero attached hydrogens (tertiary/aromatic N) is 4. The second-order valence-electron chi connectivity index (χ2n) is 4.81. The Labute approximate surface area is 122 Å². The van der Waals surface area contributed by atoms with Crippen LogP contribution >= 0.6 is 11.3 Å². The maximum atomic E-state index is 11.9. The summed E-state index contributed by atoms with van der Waals surface area (Å²) in [5, 5.41) is 8.01. The molecule has 0 aliphatic heterocycles. The fraction of sp³-hybridized carbons (Fsp3) is 0.538. The third-order valence-corrected chi connectivity index (χ3v) is 4.22. The summed E-state index contributed by atoms with van der Waals surface area (Å²) in [5.41, 5.74) is 1.08. The number of hydrogen-bond acceptors (Lipinski definition) is 5. The molecule has 0 aromatic carbocycles. The van der Waals surface area contributed by atoms with Crippen LogP contribution in [-0.4, -0.2) is 32.2 Å². The van der Waals surface area contributed by atoms with Crippen molar-refractivity contribution in [2.24, 2.45) is 5.92 Å². The normalized spacial score (nSPS) is 12.3. The number of amides is 1. The minimum absolute atomic E-state index is 0.0329. The van der Waals surface area contributed by atoms with Crippen molar-refractivity contribution < 1.29 is 4.79 Å². The molecule has 2 aromatic heterocycles. The van der Waals surface area contributed by atoms with Crippen LogP contribution in [0.3, 0.4) is 0 Å². The largest absolute Gasteiger partial charge is 0.355 e. The first-order valence-corrected chi connectivity index (χ1v) is 7.41. The van der Waals surface area contributed by atoms with Gasteiger partial charge < -0.3 is 5.32 Å². The molecule has 0 unspecified atom stereocenters. The summed E-state index contributed by atoms with van der Waals surface area (Å²) < 4.78 is 1.66. The summed E-state index contributed by atoms with van der Waals surface area (Å²) >= 11 is 1.69. The summed E-state index contributed by atoms with van der Waals surface area (Å²) in [6.45, 7) is 7.12. The van der Waals surface area contributed by atoms with E-state index in [4.69, 9.17) is 0 Å². The van der Waals surface area contributed by atoms with Crippen LogP contribution in [0, 0.1) is 19.8 Å². The molecule has 2 aromatic rings. The molecule has 2 heterocycles. The molecule has 20 heavy (non-hydrogen) atoms. The summed E-state index contributed by atoms with van der Waals surface area (Å²) in [6, 6.07) is 0. The van der Waals surface area contributed by atoms with Gasteiger partial charge in [0.25, 0.3) is 0 Å². The van der Waals surface area contributed by atoms with Crippen molar-refractivity contribution >= 4 is 17.2 Å². The van der Waals surface area contributed by atoms with Gasteiger partial charge in [0.05, 0.1) is 23.2 Å². The Balaban J connectivity index is 1.74. The van der Waals surface area contributed by atoms with Crippen molar-refractivity contribution in [3.05, 3.63) is 28.2 Å². The average molecular weight is 293 g/mol. The molecule has 0 saturated carbocycles. The summed E-state index contributed by atoms with van der Waals surface area (Å²) in [7, 11) is 0. The minimum Gasteiger partial charge on any atom is -0.355 e. The van der Waals surface area contributed by atoms with Crippen LogP contribution in [0.1, 0.15) is 22.5 Å². The van der Waals surface area contributed by atoms with E-state index >= 15 is 0 Å². The van der Waals surface area contributed by atoms with Crippen LogP contribution in [-0.2, 0) is 17.8 Å². The molecule has 0 aliphatic carbocycles. The minimum atomic E-state index is -0.128. The van der Waals surface area contributed by atoms with Crippen LogP contribution < -0.4 is 5.32 Å². The Morgan fingerprint density at radius 1 is 1.50 bits per heavy atom. The fourth-order valence-corrected chi connectivity index (χ4v) is 2.74. The zero-order valence-corrected chi connectivity index (χ0v) is 12.8. The highest BCUT2D eigenvalue weighted by Crippen LogP contribution is 2.16. The summed E-state index contributed by atoms with van der Waals surface area (Å²) in [5.74, 6) is -0.0954. The maximum Gasteiger partial charge on any atom is 0.224 e. The van der Waals surface area contributed by atoms with Gasteiger partial charge in [-0.1, -0.05) is 6.92 Å². The molecular weight excluding hydrogens is 274 g/mol. The van der Waals surface area contributed by atoms with Gasteiger partial charge in [-0.15, -0.1) is 11.3 Å². The molecule has 0 aliphatic rings. The van der Waals surface area contributed by atoms with E-state index in [1.807, 2.05) is 13.8 Å². The number of aryl methyl sites for hydroxylation is 2. The van der Waals surface area contributed by atoms with E-state index in [-0.39, 0.29) is 11.8 Å². The molecular formula is C13H19N5OS. The molecule has 1 N–H and O–H groups in total. The van der Waals surface area contributed by atoms with Crippen molar-refractivity contribution in [2.75, 3.05) is 6.54 Å². The van der Waals surface area contributed by atoms with E-state index in [1.54, 1.807) is 22.3 Å². The van der Waals surface area contributed by atoms with Crippen LogP contribution in [0.25, 0.3) is 0 Å². The molecule has 7 heteroatoms. The lowest BCUT2D eigenvalue weighted by Crippen LogP contribution is -2.33. The van der Waals surface area contributed by atoms with Gasteiger partial charge >= 0.3 is 0 Å². The SMILES string of the molecule is Cc1nc(CCNC(=O)[C@@H](C)Cn2cncn2)sc1C. The maximum absolute atomic E-state index is 11.9. The van der Waals surface area contributed by atoms with Crippen molar-refractivity contribution in [1.29, 1.82) is 0 Å². The Kier molecular flexibility index (Phi) is 4.84. The molecule has 0 bridgehead atoms. The zero-order valence-electron chi connectivity index (χ0n) is 12.0. The lowest BCUT2D eigenvalue weighted by molar-refractivity contribution is -0.124. The number of hydrogen-bond donors (Lipinski definition) is 1. The van der Waals surface area contributed by atoms with Gasteiger partial charge in [-0.05, 0) is 13.8 Å². The van der Waals surface area contributed by atoms with Gasteiger partial charge in [-0.25, -0.2) is 9.97 Å². The zero-order chi connectivity index (χ0) is 14.5. The summed E-state index contributed by atoms with van der Waals surface area (Å²) in [4.78, 5) is 21.5. The second-order valence-corrected chi connectivity index (χ2v) is 6.10. The van der Waals surface area contributed by atoms with Crippen LogP contribution in [0.2, 0.25) is 0 Å². The monoisotopic (exact) mass is 293 g/mol. The molecule has 6 nitrogen and oxygen atoms in total. The van der Waals surface area contributed by atoms with Crippen molar-refractivity contribution in [3.63, 3.8) is 0 Å². The highest BCUT2D eigenvalue weighted by Gasteiger charge is 2.13. The molecule has 0 saturated heterocycles. The molecule has 2 rings (SSSR count). The Hall–Kier alpha value is -1.76. The third kappa shape index (κ3) is 3.86. The van der Waals surface area contributed by atoms with Crippen molar-refractivity contribution in [1.82, 2.24) is 25.1 Å². The molecule has 0 radical (unpaired) electrons. The Bertz CT molecular complexity index is 544. The number of carbonyl (C=O) groups is 1. The molecule has 1 atom stereocenters. The van der Waals surface area contributed by atoms with E-state index < -0.39 is 0 Å². The topological polar surface area (TPSA) is 72.7 Å². The first-order valence-electron chi connectivity index (χ1n) is 6.59. The predicted octanol–water partition coefficient (Wildman–Crippen LogP) is 1.35. The predicted molar refractivity (Wildman–Crippen MR) is 77.5 cm³/mol. The first kappa shape index (κ1) is 14.6. The van der Waals surface area contributed by atoms with E-state index in [0.717, 1.165) is 17.1 Å². The van der Waals surface area contributed by atoms with Crippen molar-refractivity contribution in [2.45, 2.75) is 33.7 Å². The van der Waals surface area contributed by atoms with Gasteiger partial charge in [0.1, 0.15) is 12.7 Å². The number of thiazole rings is 1. The molecule has 0 spiro atoms. The van der Waals surface area contributed by atoms with Crippen molar-refractivity contribution in [3.8, 4) is 0 Å². The highest BCUT2D eigenvalue weighted by atomic mass is 32.1. The lowest BCUT2D eigenvalue weighted by atomic mass is 10.1. The van der Waals surface area contributed by atoms with E-state index in [1.165, 1.54) is 11.2 Å². The number of aromatic nitrogens is 4. The highest BCUT2D eigenvalue weighted by molar-refractivity contribution is 7.11. The van der Waals surface area contributed by atoms with Crippen LogP contribution in [0.5, 0.6) is 0 Å². The number of carbonyl (C=O) groups excluding carboxylic acids is 1. The van der Waals surface area contributed by atoms with Crippen LogP contribution in [0.15, 0.2) is 12.7 Å². The quantitative estimate of drug-likeness (QED) is 0.872. The van der Waals surface area contributed by atoms with Gasteiger partial charge in [-0.2, -0.15) is 5.10 Å². The lowest BCUT2D eigenvalue weighted by Gasteiger charge is -2.11. The van der Waals surface area contributed by atoms with E-state index in [0.29, 0.717) is 13.1 Å². The smallest absolute Gasteiger partial charge is 0.224 e. The molecule has 0 fully saturated rings. The average Bonchev–Trinajstić information content (AvgIpc) is 3.00. The van der Waals surface area contributed by atoms with E-state index in [9.17, 15) is 4.79 Å². The molecule has 1 amide bonds. The molecule has 108 valence electrons. The van der Waals surface area contributed by atoms with Gasteiger partial charge in [-0.3, -0.25) is 9.48 Å². The second kappa shape index (κ2) is 6.60. The van der Waals surface area contributed by atoms with Gasteiger partial charge in [0, 0.05) is 17.8 Å². The first-order chi connectivity index (χ1) is 9.56. The standard InChI is InChI=1S/C13H19N5OS/c1-9(6-18-8-14-7-16-18)13(19)15-5-4-12-17-10(2)11(3)20-12/h7-9H,4-6H2,1-3H3,(H,15,19)/t9-/m0/s1. The van der Waals surface area contributed by atoms with Crippen LogP contribution in [0.4, 0.5) is 0 Å².